The standard InChI is InChI=1S/C12H17NO3/c1-8-10(6-5-7-14)11(12(15)16-4)9(2)13(8)3/h5-6,14H,7H2,1-4H3/b6-5+. The number of hydrogen-bond donors (Lipinski definition) is 1. The minimum absolute atomic E-state index is 0.0476. The lowest BCUT2D eigenvalue weighted by Gasteiger charge is -2.00. The molecular weight excluding hydrogens is 206 g/mol. The summed E-state index contributed by atoms with van der Waals surface area (Å²) in [7, 11) is 3.26. The molecule has 0 amide bonds. The third-order valence-corrected chi connectivity index (χ3v) is 2.81. The third kappa shape index (κ3) is 2.02. The van der Waals surface area contributed by atoms with Gasteiger partial charge in [-0.25, -0.2) is 4.79 Å². The van der Waals surface area contributed by atoms with Crippen LogP contribution in [0.4, 0.5) is 0 Å². The van der Waals surface area contributed by atoms with E-state index in [2.05, 4.69) is 0 Å². The van der Waals surface area contributed by atoms with E-state index >= 15 is 0 Å². The largest absolute Gasteiger partial charge is 0.465 e. The van der Waals surface area contributed by atoms with E-state index in [9.17, 15) is 4.79 Å². The number of nitrogens with zero attached hydrogens (tertiary/aromatic N) is 1. The van der Waals surface area contributed by atoms with Gasteiger partial charge in [0.05, 0.1) is 19.3 Å². The van der Waals surface area contributed by atoms with Crippen LogP contribution in [0.15, 0.2) is 6.08 Å². The van der Waals surface area contributed by atoms with Gasteiger partial charge in [0, 0.05) is 24.0 Å². The Hall–Kier alpha value is -1.55. The zero-order valence-electron chi connectivity index (χ0n) is 10.1. The highest BCUT2D eigenvalue weighted by atomic mass is 16.5. The Labute approximate surface area is 95.1 Å². The summed E-state index contributed by atoms with van der Waals surface area (Å²) in [6, 6.07) is 0. The van der Waals surface area contributed by atoms with Gasteiger partial charge in [-0.1, -0.05) is 12.2 Å². The Morgan fingerprint density at radius 1 is 1.44 bits per heavy atom. The molecular formula is C12H17NO3. The van der Waals surface area contributed by atoms with Crippen LogP contribution in [0.2, 0.25) is 0 Å². The molecule has 0 aliphatic heterocycles. The number of aliphatic hydroxyl groups excluding tert-OH is 1. The van der Waals surface area contributed by atoms with E-state index in [-0.39, 0.29) is 12.6 Å². The molecule has 4 heteroatoms. The van der Waals surface area contributed by atoms with E-state index in [1.165, 1.54) is 7.11 Å². The lowest BCUT2D eigenvalue weighted by Crippen LogP contribution is -2.04. The lowest BCUT2D eigenvalue weighted by molar-refractivity contribution is 0.0599. The van der Waals surface area contributed by atoms with E-state index < -0.39 is 0 Å². The molecule has 1 aromatic heterocycles. The van der Waals surface area contributed by atoms with Gasteiger partial charge in [-0.15, -0.1) is 0 Å². The summed E-state index contributed by atoms with van der Waals surface area (Å²) in [5, 5.41) is 8.77. The molecule has 0 radical (unpaired) electrons. The molecule has 1 aromatic rings. The first-order valence-electron chi connectivity index (χ1n) is 5.06. The SMILES string of the molecule is COC(=O)c1c(/C=C/CO)c(C)n(C)c1C. The van der Waals surface area contributed by atoms with Gasteiger partial charge in [0.2, 0.25) is 0 Å². The molecule has 0 fully saturated rings. The molecule has 1 N–H and O–H groups in total. The highest BCUT2D eigenvalue weighted by molar-refractivity contribution is 5.95. The quantitative estimate of drug-likeness (QED) is 0.789. The van der Waals surface area contributed by atoms with Gasteiger partial charge in [-0.3, -0.25) is 0 Å². The number of methoxy groups -OCH3 is 1. The fourth-order valence-corrected chi connectivity index (χ4v) is 1.71. The second kappa shape index (κ2) is 4.99. The van der Waals surface area contributed by atoms with Crippen molar-refractivity contribution >= 4 is 12.0 Å². The van der Waals surface area contributed by atoms with Crippen molar-refractivity contribution in [3.63, 3.8) is 0 Å². The molecule has 88 valence electrons. The first kappa shape index (κ1) is 12.5. The Bertz CT molecular complexity index is 430. The normalized spacial score (nSPS) is 11.1. The number of aliphatic hydroxyl groups is 1. The van der Waals surface area contributed by atoms with Gasteiger partial charge in [-0.2, -0.15) is 0 Å². The van der Waals surface area contributed by atoms with Crippen molar-refractivity contribution in [2.45, 2.75) is 13.8 Å². The van der Waals surface area contributed by atoms with Crippen molar-refractivity contribution in [3.8, 4) is 0 Å². The number of esters is 1. The molecule has 0 aliphatic carbocycles. The molecule has 0 aromatic carbocycles. The lowest BCUT2D eigenvalue weighted by atomic mass is 10.1. The van der Waals surface area contributed by atoms with E-state index in [0.29, 0.717) is 5.56 Å². The van der Waals surface area contributed by atoms with Crippen LogP contribution in [0.25, 0.3) is 6.08 Å². The number of rotatable bonds is 3. The fourth-order valence-electron chi connectivity index (χ4n) is 1.71. The summed E-state index contributed by atoms with van der Waals surface area (Å²) < 4.78 is 6.69. The number of aromatic nitrogens is 1. The zero-order chi connectivity index (χ0) is 12.3. The summed E-state index contributed by atoms with van der Waals surface area (Å²) >= 11 is 0. The van der Waals surface area contributed by atoms with Crippen molar-refractivity contribution < 1.29 is 14.6 Å². The second-order valence-electron chi connectivity index (χ2n) is 3.60. The fraction of sp³-hybridized carbons (Fsp3) is 0.417. The highest BCUT2D eigenvalue weighted by Gasteiger charge is 2.20. The molecule has 0 bridgehead atoms. The van der Waals surface area contributed by atoms with Crippen LogP contribution in [0.3, 0.4) is 0 Å². The monoisotopic (exact) mass is 223 g/mol. The highest BCUT2D eigenvalue weighted by Crippen LogP contribution is 2.23. The van der Waals surface area contributed by atoms with Gasteiger partial charge in [0.15, 0.2) is 0 Å². The molecule has 16 heavy (non-hydrogen) atoms. The van der Waals surface area contributed by atoms with Crippen LogP contribution >= 0.6 is 0 Å². The summed E-state index contributed by atoms with van der Waals surface area (Å²) in [5.41, 5.74) is 3.21. The van der Waals surface area contributed by atoms with Crippen LogP contribution in [0, 0.1) is 13.8 Å². The van der Waals surface area contributed by atoms with Gasteiger partial charge in [-0.05, 0) is 13.8 Å². The topological polar surface area (TPSA) is 51.5 Å². The van der Waals surface area contributed by atoms with E-state index in [4.69, 9.17) is 9.84 Å². The van der Waals surface area contributed by atoms with Gasteiger partial charge in [0.1, 0.15) is 0 Å². The van der Waals surface area contributed by atoms with Gasteiger partial charge in [0.25, 0.3) is 0 Å². The van der Waals surface area contributed by atoms with E-state index in [1.807, 2.05) is 25.5 Å². The van der Waals surface area contributed by atoms with E-state index in [0.717, 1.165) is 17.0 Å². The van der Waals surface area contributed by atoms with Gasteiger partial charge < -0.3 is 14.4 Å². The maximum absolute atomic E-state index is 11.7. The molecule has 0 aliphatic rings. The Morgan fingerprint density at radius 2 is 2.06 bits per heavy atom. The second-order valence-corrected chi connectivity index (χ2v) is 3.60. The molecule has 1 heterocycles. The maximum Gasteiger partial charge on any atom is 0.340 e. The Balaban J connectivity index is 3.38. The van der Waals surface area contributed by atoms with Crippen LogP contribution in [-0.2, 0) is 11.8 Å². The van der Waals surface area contributed by atoms with Gasteiger partial charge >= 0.3 is 5.97 Å². The van der Waals surface area contributed by atoms with Crippen LogP contribution in [-0.4, -0.2) is 29.4 Å². The number of carbonyl (C=O) groups is 1. The van der Waals surface area contributed by atoms with Crippen molar-refractivity contribution in [1.82, 2.24) is 4.57 Å². The first-order chi connectivity index (χ1) is 7.54. The molecule has 1 rings (SSSR count). The number of ether oxygens (including phenoxy) is 1. The Kier molecular flexibility index (Phi) is 3.90. The molecule has 0 atom stereocenters. The summed E-state index contributed by atoms with van der Waals surface area (Å²) in [6.07, 6.45) is 3.35. The van der Waals surface area contributed by atoms with E-state index in [1.54, 1.807) is 12.2 Å². The predicted molar refractivity (Wildman–Crippen MR) is 62.3 cm³/mol. The first-order valence-corrected chi connectivity index (χ1v) is 5.06. The van der Waals surface area contributed by atoms with Crippen LogP contribution in [0.1, 0.15) is 27.3 Å². The average Bonchev–Trinajstić information content (AvgIpc) is 2.50. The summed E-state index contributed by atoms with van der Waals surface area (Å²) in [4.78, 5) is 11.7. The van der Waals surface area contributed by atoms with Crippen molar-refractivity contribution in [1.29, 1.82) is 0 Å². The maximum atomic E-state index is 11.7. The molecule has 0 saturated heterocycles. The zero-order valence-corrected chi connectivity index (χ0v) is 10.1. The minimum Gasteiger partial charge on any atom is -0.465 e. The molecule has 0 unspecified atom stereocenters. The summed E-state index contributed by atoms with van der Waals surface area (Å²) in [6.45, 7) is 3.75. The van der Waals surface area contributed by atoms with Crippen LogP contribution < -0.4 is 0 Å². The molecule has 0 saturated carbocycles. The molecule has 0 spiro atoms. The number of hydrogen-bond acceptors (Lipinski definition) is 3. The Morgan fingerprint density at radius 3 is 2.56 bits per heavy atom. The van der Waals surface area contributed by atoms with Crippen molar-refractivity contribution in [2.24, 2.45) is 7.05 Å². The van der Waals surface area contributed by atoms with Crippen LogP contribution in [0.5, 0.6) is 0 Å². The smallest absolute Gasteiger partial charge is 0.340 e. The molecule has 4 nitrogen and oxygen atoms in total. The third-order valence-electron chi connectivity index (χ3n) is 2.81. The minimum atomic E-state index is -0.348. The predicted octanol–water partition coefficient (Wildman–Crippen LogP) is 1.43. The summed E-state index contributed by atoms with van der Waals surface area (Å²) in [5.74, 6) is -0.348. The number of carbonyl (C=O) groups excluding carboxylic acids is 1. The van der Waals surface area contributed by atoms with Crippen molar-refractivity contribution in [3.05, 3.63) is 28.6 Å². The average molecular weight is 223 g/mol. The van der Waals surface area contributed by atoms with Crippen molar-refractivity contribution in [2.75, 3.05) is 13.7 Å².